The molecule has 2 atom stereocenters. The van der Waals surface area contributed by atoms with Gasteiger partial charge in [0.1, 0.15) is 0 Å². The van der Waals surface area contributed by atoms with Crippen molar-refractivity contribution in [1.29, 1.82) is 5.26 Å². The maximum Gasteiger partial charge on any atom is 0.232 e. The summed E-state index contributed by atoms with van der Waals surface area (Å²) in [4.78, 5) is 0. The average Bonchev–Trinajstić information content (AvgIpc) is 2.51. The molecular formula is C17H25N3O2S. The van der Waals surface area contributed by atoms with Crippen LogP contribution < -0.4 is 10.0 Å². The monoisotopic (exact) mass is 335 g/mol. The van der Waals surface area contributed by atoms with Gasteiger partial charge in [-0.2, -0.15) is 5.26 Å². The van der Waals surface area contributed by atoms with Crippen LogP contribution in [0.1, 0.15) is 44.6 Å². The highest BCUT2D eigenvalue weighted by Gasteiger charge is 2.22. The number of anilines is 2. The van der Waals surface area contributed by atoms with Crippen molar-refractivity contribution in [2.24, 2.45) is 5.92 Å². The van der Waals surface area contributed by atoms with Crippen molar-refractivity contribution in [3.8, 4) is 6.07 Å². The zero-order valence-corrected chi connectivity index (χ0v) is 14.6. The smallest absolute Gasteiger partial charge is 0.232 e. The van der Waals surface area contributed by atoms with Crippen molar-refractivity contribution in [3.63, 3.8) is 0 Å². The highest BCUT2D eigenvalue weighted by molar-refractivity contribution is 7.92. The molecule has 5 nitrogen and oxygen atoms in total. The highest BCUT2D eigenvalue weighted by Crippen LogP contribution is 2.30. The van der Waals surface area contributed by atoms with Crippen LogP contribution in [-0.4, -0.2) is 20.2 Å². The Bertz CT molecular complexity index is 680. The molecule has 0 bridgehead atoms. The van der Waals surface area contributed by atoms with Crippen LogP contribution in [0.3, 0.4) is 0 Å². The SMILES string of the molecule is CCCS(=O)(=O)Nc1cccc(NC2CCCC(C#N)C2)c1C. The number of nitrogens with one attached hydrogen (secondary N) is 2. The Kier molecular flexibility index (Phi) is 5.89. The van der Waals surface area contributed by atoms with Crippen LogP contribution in [0.25, 0.3) is 0 Å². The molecule has 0 amide bonds. The first-order chi connectivity index (χ1) is 10.9. The summed E-state index contributed by atoms with van der Waals surface area (Å²) in [6.07, 6.45) is 4.51. The lowest BCUT2D eigenvalue weighted by atomic mass is 9.86. The third kappa shape index (κ3) is 4.87. The molecular weight excluding hydrogens is 310 g/mol. The first-order valence-corrected chi connectivity index (χ1v) is 9.86. The summed E-state index contributed by atoms with van der Waals surface area (Å²) < 4.78 is 26.6. The molecule has 0 saturated heterocycles. The summed E-state index contributed by atoms with van der Waals surface area (Å²) >= 11 is 0. The summed E-state index contributed by atoms with van der Waals surface area (Å²) in [5.74, 6) is 0.240. The second kappa shape index (κ2) is 7.69. The normalized spacial score (nSPS) is 21.4. The van der Waals surface area contributed by atoms with Crippen LogP contribution in [0.5, 0.6) is 0 Å². The van der Waals surface area contributed by atoms with Gasteiger partial charge < -0.3 is 5.32 Å². The summed E-state index contributed by atoms with van der Waals surface area (Å²) in [6.45, 7) is 3.76. The lowest BCUT2D eigenvalue weighted by molar-refractivity contribution is 0.395. The van der Waals surface area contributed by atoms with Crippen LogP contribution in [0.15, 0.2) is 18.2 Å². The largest absolute Gasteiger partial charge is 0.382 e. The van der Waals surface area contributed by atoms with Crippen LogP contribution in [-0.2, 0) is 10.0 Å². The Labute approximate surface area is 139 Å². The van der Waals surface area contributed by atoms with Gasteiger partial charge in [-0.05, 0) is 50.3 Å². The molecule has 0 spiro atoms. The quantitative estimate of drug-likeness (QED) is 0.831. The second-order valence-corrected chi connectivity index (χ2v) is 8.07. The van der Waals surface area contributed by atoms with Crippen LogP contribution in [0.2, 0.25) is 0 Å². The van der Waals surface area contributed by atoms with Gasteiger partial charge in [-0.1, -0.05) is 19.4 Å². The number of hydrogen-bond acceptors (Lipinski definition) is 4. The lowest BCUT2D eigenvalue weighted by Crippen LogP contribution is -2.27. The molecule has 0 aromatic heterocycles. The molecule has 1 aliphatic carbocycles. The predicted molar refractivity (Wildman–Crippen MR) is 93.9 cm³/mol. The van der Waals surface area contributed by atoms with E-state index in [1.54, 1.807) is 6.07 Å². The molecule has 126 valence electrons. The van der Waals surface area contributed by atoms with Crippen molar-refractivity contribution in [3.05, 3.63) is 23.8 Å². The molecule has 1 saturated carbocycles. The third-order valence-electron chi connectivity index (χ3n) is 4.29. The number of nitriles is 1. The minimum absolute atomic E-state index is 0.118. The fourth-order valence-corrected chi connectivity index (χ4v) is 4.24. The standard InChI is InChI=1S/C17H25N3O2S/c1-3-10-23(21,22)20-17-9-5-8-16(13(17)2)19-15-7-4-6-14(11-15)12-18/h5,8-9,14-15,19-20H,3-4,6-7,10-11H2,1-2H3. The zero-order valence-electron chi connectivity index (χ0n) is 13.8. The summed E-state index contributed by atoms with van der Waals surface area (Å²) in [5.41, 5.74) is 2.45. The molecule has 2 rings (SSSR count). The predicted octanol–water partition coefficient (Wildman–Crippen LogP) is 3.64. The molecule has 0 aliphatic heterocycles. The van der Waals surface area contributed by atoms with Gasteiger partial charge >= 0.3 is 0 Å². The van der Waals surface area contributed by atoms with Crippen molar-refractivity contribution in [2.45, 2.75) is 52.0 Å². The van der Waals surface area contributed by atoms with Gasteiger partial charge in [0.15, 0.2) is 0 Å². The van der Waals surface area contributed by atoms with Gasteiger partial charge in [-0.3, -0.25) is 4.72 Å². The molecule has 2 unspecified atom stereocenters. The summed E-state index contributed by atoms with van der Waals surface area (Å²) in [6, 6.07) is 8.23. The topological polar surface area (TPSA) is 82.0 Å². The van der Waals surface area contributed by atoms with Crippen LogP contribution >= 0.6 is 0 Å². The Morgan fingerprint density at radius 2 is 2.04 bits per heavy atom. The van der Waals surface area contributed by atoms with E-state index in [9.17, 15) is 8.42 Å². The molecule has 0 radical (unpaired) electrons. The maximum atomic E-state index is 12.0. The van der Waals surface area contributed by atoms with Crippen molar-refractivity contribution < 1.29 is 8.42 Å². The molecule has 6 heteroatoms. The Balaban J connectivity index is 2.12. The Hall–Kier alpha value is -1.74. The fourth-order valence-electron chi connectivity index (χ4n) is 3.05. The summed E-state index contributed by atoms with van der Waals surface area (Å²) in [5, 5.41) is 12.6. The van der Waals surface area contributed by atoms with E-state index in [2.05, 4.69) is 16.1 Å². The van der Waals surface area contributed by atoms with Crippen molar-refractivity contribution in [1.82, 2.24) is 0 Å². The van der Waals surface area contributed by atoms with Crippen LogP contribution in [0.4, 0.5) is 11.4 Å². The van der Waals surface area contributed by atoms with Crippen molar-refractivity contribution >= 4 is 21.4 Å². The second-order valence-electron chi connectivity index (χ2n) is 6.23. The molecule has 1 aromatic carbocycles. The minimum Gasteiger partial charge on any atom is -0.382 e. The van der Waals surface area contributed by atoms with Gasteiger partial charge in [0.2, 0.25) is 10.0 Å². The van der Waals surface area contributed by atoms with E-state index in [4.69, 9.17) is 5.26 Å². The zero-order chi connectivity index (χ0) is 16.9. The van der Waals surface area contributed by atoms with Gasteiger partial charge in [-0.25, -0.2) is 8.42 Å². The van der Waals surface area contributed by atoms with Crippen LogP contribution in [0, 0.1) is 24.2 Å². The Morgan fingerprint density at radius 3 is 2.74 bits per heavy atom. The first-order valence-electron chi connectivity index (χ1n) is 8.21. The third-order valence-corrected chi connectivity index (χ3v) is 5.77. The van der Waals surface area contributed by atoms with Gasteiger partial charge in [0.05, 0.1) is 17.5 Å². The van der Waals surface area contributed by atoms with E-state index in [1.807, 2.05) is 26.0 Å². The van der Waals surface area contributed by atoms with E-state index in [1.165, 1.54) is 0 Å². The molecule has 2 N–H and O–H groups in total. The lowest BCUT2D eigenvalue weighted by Gasteiger charge is -2.28. The summed E-state index contributed by atoms with van der Waals surface area (Å²) in [7, 11) is -3.29. The number of benzene rings is 1. The molecule has 0 heterocycles. The van der Waals surface area contributed by atoms with E-state index >= 15 is 0 Å². The number of sulfonamides is 1. The first kappa shape index (κ1) is 17.6. The molecule has 1 aliphatic rings. The fraction of sp³-hybridized carbons (Fsp3) is 0.588. The highest BCUT2D eigenvalue weighted by atomic mass is 32.2. The minimum atomic E-state index is -3.29. The number of nitrogens with zero attached hydrogens (tertiary/aromatic N) is 1. The van der Waals surface area contributed by atoms with E-state index in [0.717, 1.165) is 36.9 Å². The van der Waals surface area contributed by atoms with Gasteiger partial charge in [0, 0.05) is 17.6 Å². The maximum absolute atomic E-state index is 12.0. The molecule has 1 aromatic rings. The molecule has 1 fully saturated rings. The van der Waals surface area contributed by atoms with E-state index in [-0.39, 0.29) is 17.7 Å². The number of rotatable bonds is 6. The van der Waals surface area contributed by atoms with Crippen molar-refractivity contribution in [2.75, 3.05) is 15.8 Å². The van der Waals surface area contributed by atoms with E-state index in [0.29, 0.717) is 12.1 Å². The average molecular weight is 335 g/mol. The Morgan fingerprint density at radius 1 is 1.30 bits per heavy atom. The number of hydrogen-bond donors (Lipinski definition) is 2. The van der Waals surface area contributed by atoms with Gasteiger partial charge in [-0.15, -0.1) is 0 Å². The van der Waals surface area contributed by atoms with Gasteiger partial charge in [0.25, 0.3) is 0 Å². The molecule has 23 heavy (non-hydrogen) atoms. The van der Waals surface area contributed by atoms with E-state index < -0.39 is 10.0 Å².